The van der Waals surface area contributed by atoms with Crippen molar-refractivity contribution in [1.82, 2.24) is 4.98 Å². The van der Waals surface area contributed by atoms with E-state index in [1.54, 1.807) is 38.4 Å². The van der Waals surface area contributed by atoms with Gasteiger partial charge in [-0.05, 0) is 25.1 Å². The molecule has 0 spiro atoms. The molecule has 0 saturated carbocycles. The van der Waals surface area contributed by atoms with Crippen LogP contribution in [0, 0.1) is 0 Å². The second kappa shape index (κ2) is 5.80. The number of carbonyl (C=O) groups excluding carboxylic acids is 1. The molecule has 1 rings (SSSR count). The number of rotatable bonds is 4. The first-order valence-electron chi connectivity index (χ1n) is 4.61. The van der Waals surface area contributed by atoms with E-state index in [-0.39, 0.29) is 5.97 Å². The van der Waals surface area contributed by atoms with E-state index in [9.17, 15) is 4.79 Å². The fourth-order valence-electron chi connectivity index (χ4n) is 1.04. The van der Waals surface area contributed by atoms with E-state index in [1.807, 2.05) is 0 Å². The van der Waals surface area contributed by atoms with E-state index in [0.29, 0.717) is 18.1 Å². The van der Waals surface area contributed by atoms with Crippen molar-refractivity contribution < 1.29 is 14.3 Å². The third-order valence-corrected chi connectivity index (χ3v) is 1.68. The lowest BCUT2D eigenvalue weighted by Crippen LogP contribution is -1.99. The Hall–Kier alpha value is -1.84. The van der Waals surface area contributed by atoms with Crippen LogP contribution in [-0.4, -0.2) is 24.7 Å². The molecule has 0 amide bonds. The molecule has 1 aromatic rings. The van der Waals surface area contributed by atoms with Gasteiger partial charge in [0.2, 0.25) is 0 Å². The van der Waals surface area contributed by atoms with Crippen LogP contribution in [0.2, 0.25) is 0 Å². The molecule has 0 aliphatic carbocycles. The molecule has 0 saturated heterocycles. The maximum atomic E-state index is 11.0. The summed E-state index contributed by atoms with van der Waals surface area (Å²) < 4.78 is 9.81. The van der Waals surface area contributed by atoms with Gasteiger partial charge in [0.05, 0.1) is 13.7 Å². The molecule has 0 aliphatic rings. The SMILES string of the molecule is CCOC(=O)C=Cc1ncccc1OC. The summed E-state index contributed by atoms with van der Waals surface area (Å²) in [5.74, 6) is 0.239. The van der Waals surface area contributed by atoms with Gasteiger partial charge in [-0.25, -0.2) is 4.79 Å². The minimum absolute atomic E-state index is 0.364. The van der Waals surface area contributed by atoms with Crippen molar-refractivity contribution in [3.63, 3.8) is 0 Å². The van der Waals surface area contributed by atoms with Gasteiger partial charge in [-0.3, -0.25) is 4.98 Å². The minimum atomic E-state index is -0.384. The van der Waals surface area contributed by atoms with Gasteiger partial charge >= 0.3 is 5.97 Å². The highest BCUT2D eigenvalue weighted by molar-refractivity contribution is 5.87. The summed E-state index contributed by atoms with van der Waals surface area (Å²) in [7, 11) is 1.55. The van der Waals surface area contributed by atoms with E-state index in [1.165, 1.54) is 6.08 Å². The number of hydrogen-bond donors (Lipinski definition) is 0. The van der Waals surface area contributed by atoms with Crippen molar-refractivity contribution in [1.29, 1.82) is 0 Å². The normalized spacial score (nSPS) is 10.3. The van der Waals surface area contributed by atoms with Crippen LogP contribution in [0.15, 0.2) is 24.4 Å². The van der Waals surface area contributed by atoms with Gasteiger partial charge < -0.3 is 9.47 Å². The summed E-state index contributed by atoms with van der Waals surface area (Å²) in [6, 6.07) is 3.54. The molecular weight excluding hydrogens is 194 g/mol. The Kier molecular flexibility index (Phi) is 4.34. The van der Waals surface area contributed by atoms with Gasteiger partial charge in [0, 0.05) is 12.3 Å². The summed E-state index contributed by atoms with van der Waals surface area (Å²) in [5.41, 5.74) is 0.605. The zero-order chi connectivity index (χ0) is 11.1. The maximum Gasteiger partial charge on any atom is 0.330 e. The molecule has 0 atom stereocenters. The first-order valence-corrected chi connectivity index (χ1v) is 4.61. The van der Waals surface area contributed by atoms with Crippen molar-refractivity contribution in [2.75, 3.05) is 13.7 Å². The Morgan fingerprint density at radius 2 is 2.40 bits per heavy atom. The van der Waals surface area contributed by atoms with E-state index >= 15 is 0 Å². The van der Waals surface area contributed by atoms with Crippen LogP contribution in [0.1, 0.15) is 12.6 Å². The van der Waals surface area contributed by atoms with Gasteiger partial charge in [0.15, 0.2) is 0 Å². The summed E-state index contributed by atoms with van der Waals surface area (Å²) in [4.78, 5) is 15.1. The first kappa shape index (κ1) is 11.2. The Morgan fingerprint density at radius 3 is 3.07 bits per heavy atom. The Balaban J connectivity index is 2.75. The van der Waals surface area contributed by atoms with Crippen LogP contribution in [0.3, 0.4) is 0 Å². The lowest BCUT2D eigenvalue weighted by atomic mass is 10.3. The second-order valence-electron chi connectivity index (χ2n) is 2.68. The lowest BCUT2D eigenvalue weighted by Gasteiger charge is -2.01. The highest BCUT2D eigenvalue weighted by atomic mass is 16.5. The van der Waals surface area contributed by atoms with Crippen molar-refractivity contribution in [2.45, 2.75) is 6.92 Å². The van der Waals surface area contributed by atoms with Gasteiger partial charge in [0.25, 0.3) is 0 Å². The molecule has 0 unspecified atom stereocenters. The monoisotopic (exact) mass is 207 g/mol. The van der Waals surface area contributed by atoms with Gasteiger partial charge in [0.1, 0.15) is 11.4 Å². The number of ether oxygens (including phenoxy) is 2. The summed E-state index contributed by atoms with van der Waals surface area (Å²) >= 11 is 0. The number of nitrogens with zero attached hydrogens (tertiary/aromatic N) is 1. The predicted molar refractivity (Wildman–Crippen MR) is 56.5 cm³/mol. The molecule has 0 radical (unpaired) electrons. The Morgan fingerprint density at radius 1 is 1.60 bits per heavy atom. The third kappa shape index (κ3) is 3.42. The molecule has 0 aliphatic heterocycles. The standard InChI is InChI=1S/C11H13NO3/c1-3-15-11(13)7-6-9-10(14-2)5-4-8-12-9/h4-8H,3H2,1-2H3. The van der Waals surface area contributed by atoms with Crippen molar-refractivity contribution >= 4 is 12.0 Å². The zero-order valence-corrected chi connectivity index (χ0v) is 8.77. The minimum Gasteiger partial charge on any atom is -0.494 e. The fraction of sp³-hybridized carbons (Fsp3) is 0.273. The lowest BCUT2D eigenvalue weighted by molar-refractivity contribution is -0.137. The molecule has 15 heavy (non-hydrogen) atoms. The average molecular weight is 207 g/mol. The Bertz CT molecular complexity index is 361. The van der Waals surface area contributed by atoms with Crippen LogP contribution >= 0.6 is 0 Å². The van der Waals surface area contributed by atoms with Gasteiger partial charge in [-0.1, -0.05) is 0 Å². The smallest absolute Gasteiger partial charge is 0.330 e. The first-order chi connectivity index (χ1) is 7.27. The maximum absolute atomic E-state index is 11.0. The largest absolute Gasteiger partial charge is 0.494 e. The van der Waals surface area contributed by atoms with Crippen LogP contribution < -0.4 is 4.74 Å². The van der Waals surface area contributed by atoms with Crippen LogP contribution in [0.25, 0.3) is 6.08 Å². The molecule has 0 aromatic carbocycles. The van der Waals surface area contributed by atoms with E-state index in [2.05, 4.69) is 4.98 Å². The Labute approximate surface area is 88.5 Å². The number of esters is 1. The second-order valence-corrected chi connectivity index (χ2v) is 2.68. The number of pyridine rings is 1. The third-order valence-electron chi connectivity index (χ3n) is 1.68. The predicted octanol–water partition coefficient (Wildman–Crippen LogP) is 1.67. The fourth-order valence-corrected chi connectivity index (χ4v) is 1.04. The van der Waals surface area contributed by atoms with Crippen molar-refractivity contribution in [3.8, 4) is 5.75 Å². The zero-order valence-electron chi connectivity index (χ0n) is 8.77. The van der Waals surface area contributed by atoms with Crippen molar-refractivity contribution in [2.24, 2.45) is 0 Å². The van der Waals surface area contributed by atoms with Gasteiger partial charge in [-0.2, -0.15) is 0 Å². The highest BCUT2D eigenvalue weighted by Crippen LogP contribution is 2.15. The average Bonchev–Trinajstić information content (AvgIpc) is 2.27. The molecule has 4 nitrogen and oxygen atoms in total. The van der Waals surface area contributed by atoms with Crippen LogP contribution in [-0.2, 0) is 9.53 Å². The number of carbonyl (C=O) groups is 1. The number of hydrogen-bond acceptors (Lipinski definition) is 4. The van der Waals surface area contributed by atoms with Crippen LogP contribution in [0.5, 0.6) is 5.75 Å². The topological polar surface area (TPSA) is 48.4 Å². The summed E-state index contributed by atoms with van der Waals surface area (Å²) in [6.45, 7) is 2.12. The van der Waals surface area contributed by atoms with E-state index < -0.39 is 0 Å². The number of methoxy groups -OCH3 is 1. The highest BCUT2D eigenvalue weighted by Gasteiger charge is 2.00. The molecule has 4 heteroatoms. The van der Waals surface area contributed by atoms with E-state index in [0.717, 1.165) is 0 Å². The quantitative estimate of drug-likeness (QED) is 0.556. The molecule has 0 bridgehead atoms. The number of aromatic nitrogens is 1. The molecule has 1 aromatic heterocycles. The van der Waals surface area contributed by atoms with Crippen LogP contribution in [0.4, 0.5) is 0 Å². The summed E-state index contributed by atoms with van der Waals surface area (Å²) in [6.07, 6.45) is 4.53. The molecular formula is C11H13NO3. The van der Waals surface area contributed by atoms with Gasteiger partial charge in [-0.15, -0.1) is 0 Å². The van der Waals surface area contributed by atoms with E-state index in [4.69, 9.17) is 9.47 Å². The summed E-state index contributed by atoms with van der Waals surface area (Å²) in [5, 5.41) is 0. The molecule has 1 heterocycles. The molecule has 0 N–H and O–H groups in total. The molecule has 80 valence electrons. The molecule has 0 fully saturated rings. The van der Waals surface area contributed by atoms with Crippen molar-refractivity contribution in [3.05, 3.63) is 30.1 Å².